The van der Waals surface area contributed by atoms with E-state index in [1.54, 1.807) is 35.3 Å². The topological polar surface area (TPSA) is 502 Å². The molecule has 10 heterocycles. The number of thioether (sulfide) groups is 5. The molecular weight excluding hydrogens is 1580 g/mol. The molecule has 37 nitrogen and oxygen atoms in total. The zero-order valence-electron chi connectivity index (χ0n) is 59.5. The number of halogens is 3. The molecule has 0 aromatic carbocycles. The van der Waals surface area contributed by atoms with Gasteiger partial charge < -0.3 is 80.2 Å². The van der Waals surface area contributed by atoms with Gasteiger partial charge in [0.25, 0.3) is 0 Å². The van der Waals surface area contributed by atoms with Gasteiger partial charge in [-0.25, -0.2) is 57.9 Å². The first-order valence-corrected chi connectivity index (χ1v) is 41.2. The normalized spacial score (nSPS) is 26.6. The lowest BCUT2D eigenvalue weighted by Crippen LogP contribution is -2.42. The summed E-state index contributed by atoms with van der Waals surface area (Å²) in [6.45, 7) is -0.690. The number of fused-ring (bicyclic) bond motifs is 5. The summed E-state index contributed by atoms with van der Waals surface area (Å²) in [4.78, 5) is 163. The van der Waals surface area contributed by atoms with Gasteiger partial charge in [-0.2, -0.15) is 58.8 Å². The quantitative estimate of drug-likeness (QED) is 0.00316. The summed E-state index contributed by atoms with van der Waals surface area (Å²) in [6, 6.07) is -1.76. The Morgan fingerprint density at radius 2 is 0.766 bits per heavy atom. The van der Waals surface area contributed by atoms with Crippen LogP contribution in [0.2, 0.25) is 0 Å². The van der Waals surface area contributed by atoms with Gasteiger partial charge in [0.1, 0.15) is 6.73 Å². The van der Waals surface area contributed by atoms with Gasteiger partial charge in [0.15, 0.2) is 18.9 Å². The van der Waals surface area contributed by atoms with Crippen LogP contribution in [0.4, 0.5) is 43.2 Å². The number of carbonyl (C=O) groups excluding carboxylic acids is 13. The monoisotopic (exact) mass is 1670 g/mol. The molecule has 10 N–H and O–H groups in total. The Labute approximate surface area is 654 Å². The molecule has 45 heteroatoms. The Balaban J connectivity index is 0.000000237. The third-order valence-electron chi connectivity index (χ3n) is 18.3. The van der Waals surface area contributed by atoms with Gasteiger partial charge in [0.05, 0.1) is 88.9 Å². The molecule has 15 unspecified atom stereocenters. The van der Waals surface area contributed by atoms with Crippen molar-refractivity contribution >= 4 is 177 Å². The van der Waals surface area contributed by atoms with Gasteiger partial charge in [-0.1, -0.05) is 60.4 Å². The van der Waals surface area contributed by atoms with Crippen molar-refractivity contribution in [2.24, 2.45) is 10.8 Å². The molecule has 602 valence electrons. The highest BCUT2D eigenvalue weighted by Gasteiger charge is 2.54. The lowest BCUT2D eigenvalue weighted by Gasteiger charge is -2.19. The number of azide groups is 1. The second-order valence-corrected chi connectivity index (χ2v) is 32.0. The third kappa shape index (κ3) is 29.3. The number of urea groups is 5. The molecule has 0 bridgehead atoms. The number of ether oxygens (including phenoxy) is 8. The average molecular weight is 1670 g/mol. The Morgan fingerprint density at radius 1 is 0.458 bits per heavy atom. The maximum absolute atomic E-state index is 12.0. The molecule has 0 radical (unpaired) electrons. The minimum absolute atomic E-state index is 0.0418. The summed E-state index contributed by atoms with van der Waals surface area (Å²) in [5.41, 5.74) is 12.5. The molecule has 0 spiro atoms. The van der Waals surface area contributed by atoms with Crippen LogP contribution in [0, 0.1) is 0 Å². The maximum Gasteiger partial charge on any atom is 0.419 e. The van der Waals surface area contributed by atoms with Crippen LogP contribution in [0.25, 0.3) is 10.4 Å². The Bertz CT molecular complexity index is 3000. The number of carboxylic acids is 1. The molecule has 0 aromatic heterocycles. The minimum atomic E-state index is -0.870. The number of rotatable bonds is 30. The molecule has 15 atom stereocenters. The molecule has 0 saturated carbocycles. The number of carboxylic acid groups (broad SMARTS) is 1. The second-order valence-electron chi connectivity index (χ2n) is 24.9. The highest BCUT2D eigenvalue weighted by atomic mass is 35.5. The van der Waals surface area contributed by atoms with Crippen molar-refractivity contribution in [3.05, 3.63) is 10.4 Å². The first-order chi connectivity index (χ1) is 51.4. The van der Waals surface area contributed by atoms with Crippen molar-refractivity contribution in [2.75, 3.05) is 82.8 Å². The van der Waals surface area contributed by atoms with Crippen LogP contribution in [-0.2, 0) is 61.9 Å². The lowest BCUT2D eigenvalue weighted by molar-refractivity contribution is -0.141. The average Bonchev–Trinajstić information content (AvgIpc) is 1.64. The van der Waals surface area contributed by atoms with Crippen LogP contribution >= 0.6 is 93.6 Å². The molecule has 10 rings (SSSR count). The van der Waals surface area contributed by atoms with E-state index in [0.717, 1.165) is 123 Å². The van der Waals surface area contributed by atoms with Gasteiger partial charge in [0.2, 0.25) is 0 Å². The summed E-state index contributed by atoms with van der Waals surface area (Å²) in [5.74, 6) is 2.44. The van der Waals surface area contributed by atoms with Gasteiger partial charge in [-0.15, -0.1) is 0 Å². The summed E-state index contributed by atoms with van der Waals surface area (Å²) in [7, 11) is 5.54. The SMILES string of the molecule is COC(=O)CCCCC1SCC2C1NC(=O)N2C(=O)OCCl.COC(=O)CCCCC1SCC2C1NC(=O)N2C(=O)OCN.COC(=O)CCCCC1SCC2C1NC(=O)N2C(=O)OCN=[N+]=[N-].COC(=O)CCCCC1SCC2NC(=O)NC21.O=C(Cl)OCCl.O=C(O)CCCCC1SCC2NC(=O)NC21. The van der Waals surface area contributed by atoms with Gasteiger partial charge in [-0.05, 0) is 69.7 Å². The Kier molecular flexibility index (Phi) is 41.6. The van der Waals surface area contributed by atoms with E-state index >= 15 is 0 Å². The summed E-state index contributed by atoms with van der Waals surface area (Å²) in [6.07, 6.45) is 12.7. The summed E-state index contributed by atoms with van der Waals surface area (Å²) < 4.78 is 36.5. The number of carbonyl (C=O) groups is 14. The van der Waals surface area contributed by atoms with E-state index in [0.29, 0.717) is 53.4 Å². The molecule has 0 aromatic rings. The molecule has 10 aliphatic heterocycles. The van der Waals surface area contributed by atoms with E-state index in [2.05, 4.69) is 82.5 Å². The second kappa shape index (κ2) is 48.9. The van der Waals surface area contributed by atoms with Crippen molar-refractivity contribution in [3.63, 3.8) is 0 Å². The number of amides is 13. The van der Waals surface area contributed by atoms with E-state index in [-0.39, 0.29) is 137 Å². The van der Waals surface area contributed by atoms with Gasteiger partial charge in [-0.3, -0.25) is 29.7 Å². The highest BCUT2D eigenvalue weighted by Crippen LogP contribution is 2.41. The van der Waals surface area contributed by atoms with Gasteiger partial charge in [0, 0.05) is 104 Å². The standard InChI is InChI=1S/C13H19ClN2O5S.C13H19N5O5S.C13H21N3O5S.C11H18N2O3S.C10H16N2O3S.C2H2Cl2O2/c1-20-10(17)5-3-2-4-9-11-8(6-22-9)16(12(18)15-11)13(19)21-7-14;1-22-10(19)5-3-2-4-9-11-8(6-24-9)18(12(20)16-11)13(21)23-7-15-17-14;1-20-10(17)5-3-2-4-9-11-8(6-22-9)16(12(18)15-11)13(19)21-7-14;1-16-9(14)5-3-2-4-8-10-7(6-17-8)12-11(15)13-10;13-8(14)4-2-1-3-7-9-6(5-16-7)11-10(15)12-9;3-1-6-2(4)5/h8-9,11H,2-7H2,1H3,(H,15,18);8-9,11H,2-7H2,1H3,(H,16,20);8-9,11H,2-7,14H2,1H3,(H,15,18);7-8,10H,2-6H2,1H3,(H2,12,13,15);6-7,9H,1-5H2,(H,13,14)(H2,11,12,15);1H2. The predicted octanol–water partition coefficient (Wildman–Crippen LogP) is 7.82. The molecule has 107 heavy (non-hydrogen) atoms. The number of unbranched alkanes of at least 4 members (excludes halogenated alkanes) is 5. The maximum atomic E-state index is 12.0. The predicted molar refractivity (Wildman–Crippen MR) is 398 cm³/mol. The zero-order chi connectivity index (χ0) is 78.5. The summed E-state index contributed by atoms with van der Waals surface area (Å²) in [5, 5.41) is 33.4. The van der Waals surface area contributed by atoms with Crippen LogP contribution < -0.4 is 43.0 Å². The largest absolute Gasteiger partial charge is 0.481 e. The van der Waals surface area contributed by atoms with Crippen LogP contribution in [0.3, 0.4) is 0 Å². The van der Waals surface area contributed by atoms with Crippen LogP contribution in [0.15, 0.2) is 5.11 Å². The lowest BCUT2D eigenvalue weighted by atomic mass is 10.0. The number of alkyl halides is 2. The minimum Gasteiger partial charge on any atom is -0.481 e. The highest BCUT2D eigenvalue weighted by molar-refractivity contribution is 8.01. The number of hydrogen-bond acceptors (Lipinski definition) is 29. The Morgan fingerprint density at radius 3 is 1.06 bits per heavy atom. The van der Waals surface area contributed by atoms with E-state index in [1.807, 2.05) is 23.5 Å². The number of methoxy groups -OCH3 is 4. The summed E-state index contributed by atoms with van der Waals surface area (Å²) >= 11 is 23.8. The van der Waals surface area contributed by atoms with Crippen molar-refractivity contribution < 1.29 is 110 Å². The van der Waals surface area contributed by atoms with E-state index in [1.165, 1.54) is 28.4 Å². The first kappa shape index (κ1) is 91.1. The molecule has 10 saturated heterocycles. The molecule has 0 aliphatic carbocycles. The first-order valence-electron chi connectivity index (χ1n) is 34.5. The van der Waals surface area contributed by atoms with E-state index in [4.69, 9.17) is 53.8 Å². The number of nitrogens with two attached hydrogens (primary N) is 1. The van der Waals surface area contributed by atoms with E-state index in [9.17, 15) is 67.1 Å². The third-order valence-corrected chi connectivity index (χ3v) is 26.1. The van der Waals surface area contributed by atoms with Crippen LogP contribution in [-0.4, -0.2) is 273 Å². The van der Waals surface area contributed by atoms with E-state index < -0.39 is 54.5 Å². The number of esters is 4. The molecule has 10 fully saturated rings. The number of nitrogens with one attached hydrogen (secondary N) is 7. The fraction of sp³-hybridized carbons (Fsp3) is 0.774. The zero-order valence-corrected chi connectivity index (χ0v) is 65.9. The molecule has 13 amide bonds. The molecule has 10 aliphatic rings. The Hall–Kier alpha value is -6.53. The number of imide groups is 3. The van der Waals surface area contributed by atoms with Crippen molar-refractivity contribution in [1.29, 1.82) is 0 Å². The number of nitrogens with zero attached hydrogens (tertiary/aromatic N) is 6. The fourth-order valence-corrected chi connectivity index (χ4v) is 21.3. The van der Waals surface area contributed by atoms with Crippen molar-refractivity contribution in [2.45, 2.75) is 215 Å². The fourth-order valence-electron chi connectivity index (χ4n) is 13.1. The van der Waals surface area contributed by atoms with Crippen LogP contribution in [0.5, 0.6) is 0 Å². The number of hydrogen-bond donors (Lipinski definition) is 9. The smallest absolute Gasteiger partial charge is 0.419 e. The van der Waals surface area contributed by atoms with Crippen molar-refractivity contribution in [1.82, 2.24) is 51.9 Å². The van der Waals surface area contributed by atoms with Crippen LogP contribution in [0.1, 0.15) is 128 Å². The number of aliphatic carboxylic acids is 1. The molecular formula is C62H95Cl3N14O23S5. The van der Waals surface area contributed by atoms with Crippen molar-refractivity contribution in [3.8, 4) is 0 Å². The van der Waals surface area contributed by atoms with Gasteiger partial charge >= 0.3 is 83.7 Å².